The number of morpholine rings is 1. The Labute approximate surface area is 147 Å². The molecule has 0 saturated carbocycles. The van der Waals surface area contributed by atoms with Gasteiger partial charge in [-0.15, -0.1) is 0 Å². The maximum Gasteiger partial charge on any atom is 0.225 e. The molecule has 0 aromatic carbocycles. The van der Waals surface area contributed by atoms with E-state index in [4.69, 9.17) is 14.1 Å². The van der Waals surface area contributed by atoms with Crippen molar-refractivity contribution < 1.29 is 9.15 Å². The number of rotatable bonds is 3. The van der Waals surface area contributed by atoms with E-state index >= 15 is 0 Å². The quantitative estimate of drug-likeness (QED) is 0.856. The Morgan fingerprint density at radius 1 is 1.20 bits per heavy atom. The van der Waals surface area contributed by atoms with Crippen molar-refractivity contribution in [2.45, 2.75) is 44.8 Å². The van der Waals surface area contributed by atoms with E-state index in [-0.39, 0.29) is 0 Å². The minimum absolute atomic E-state index is 0.429. The zero-order valence-corrected chi connectivity index (χ0v) is 14.6. The summed E-state index contributed by atoms with van der Waals surface area (Å²) in [5, 5.41) is 0. The molecule has 2 saturated heterocycles. The van der Waals surface area contributed by atoms with Crippen molar-refractivity contribution in [1.29, 1.82) is 0 Å². The molecule has 25 heavy (non-hydrogen) atoms. The molecular weight excluding hydrogens is 316 g/mol. The number of ether oxygens (including phenoxy) is 1. The molecule has 5 heterocycles. The zero-order valence-electron chi connectivity index (χ0n) is 14.6. The van der Waals surface area contributed by atoms with Gasteiger partial charge in [0.15, 0.2) is 0 Å². The molecule has 3 aliphatic rings. The van der Waals surface area contributed by atoms with Crippen molar-refractivity contribution in [3.05, 3.63) is 41.1 Å². The van der Waals surface area contributed by atoms with Crippen LogP contribution >= 0.6 is 0 Å². The van der Waals surface area contributed by atoms with E-state index in [1.165, 1.54) is 24.1 Å². The van der Waals surface area contributed by atoms with Crippen molar-refractivity contribution in [2.24, 2.45) is 0 Å². The summed E-state index contributed by atoms with van der Waals surface area (Å²) >= 11 is 0. The first-order chi connectivity index (χ1) is 12.3. The summed E-state index contributed by atoms with van der Waals surface area (Å²) in [5.41, 5.74) is 2.56. The Morgan fingerprint density at radius 3 is 2.88 bits per heavy atom. The van der Waals surface area contributed by atoms with Crippen LogP contribution in [-0.4, -0.2) is 47.2 Å². The molecular formula is C19H24N4O2. The van der Waals surface area contributed by atoms with Crippen LogP contribution in [0.4, 0.5) is 5.95 Å². The Hall–Kier alpha value is -1.92. The van der Waals surface area contributed by atoms with E-state index in [0.29, 0.717) is 12.1 Å². The number of aryl methyl sites for hydroxylation is 1. The molecule has 132 valence electrons. The summed E-state index contributed by atoms with van der Waals surface area (Å²) < 4.78 is 11.2. The number of fused-ring (bicyclic) bond motifs is 4. The fraction of sp³-hybridized carbons (Fsp3) is 0.579. The van der Waals surface area contributed by atoms with Crippen molar-refractivity contribution >= 4 is 5.95 Å². The summed E-state index contributed by atoms with van der Waals surface area (Å²) in [6, 6.07) is 5.14. The molecule has 2 aromatic heterocycles. The molecule has 2 bridgehead atoms. The summed E-state index contributed by atoms with van der Waals surface area (Å²) in [5.74, 6) is 2.92. The molecule has 0 radical (unpaired) electrons. The van der Waals surface area contributed by atoms with Crippen LogP contribution < -0.4 is 4.90 Å². The lowest BCUT2D eigenvalue weighted by atomic mass is 9.99. The van der Waals surface area contributed by atoms with Crippen LogP contribution in [-0.2, 0) is 17.7 Å². The Morgan fingerprint density at radius 2 is 2.08 bits per heavy atom. The van der Waals surface area contributed by atoms with Gasteiger partial charge in [-0.3, -0.25) is 4.90 Å². The van der Waals surface area contributed by atoms with E-state index in [1.807, 2.05) is 13.0 Å². The van der Waals surface area contributed by atoms with Gasteiger partial charge in [0.05, 0.1) is 25.5 Å². The monoisotopic (exact) mass is 340 g/mol. The first kappa shape index (κ1) is 15.3. The summed E-state index contributed by atoms with van der Waals surface area (Å²) in [6.07, 6.45) is 5.51. The lowest BCUT2D eigenvalue weighted by molar-refractivity contribution is 0.121. The lowest BCUT2D eigenvalue weighted by Crippen LogP contribution is -2.40. The first-order valence-corrected chi connectivity index (χ1v) is 9.27. The number of hydrogen-bond donors (Lipinski definition) is 0. The third-order valence-electron chi connectivity index (χ3n) is 5.75. The minimum Gasteiger partial charge on any atom is -0.465 e. The van der Waals surface area contributed by atoms with Crippen LogP contribution in [0.25, 0.3) is 0 Å². The average Bonchev–Trinajstić information content (AvgIpc) is 3.17. The van der Waals surface area contributed by atoms with E-state index in [1.54, 1.807) is 0 Å². The van der Waals surface area contributed by atoms with Gasteiger partial charge < -0.3 is 14.1 Å². The number of anilines is 1. The lowest BCUT2D eigenvalue weighted by Gasteiger charge is -2.35. The van der Waals surface area contributed by atoms with Crippen molar-refractivity contribution in [3.63, 3.8) is 0 Å². The van der Waals surface area contributed by atoms with E-state index < -0.39 is 0 Å². The topological polar surface area (TPSA) is 54.6 Å². The highest BCUT2D eigenvalue weighted by atomic mass is 16.5. The second-order valence-corrected chi connectivity index (χ2v) is 7.31. The van der Waals surface area contributed by atoms with Crippen LogP contribution in [0, 0.1) is 6.92 Å². The SMILES string of the molecule is Cc1ccc(CN2[C@H]3CC[C@@H]2c2cnc(N4CCOCC4)nc2C3)o1. The minimum atomic E-state index is 0.429. The van der Waals surface area contributed by atoms with E-state index in [2.05, 4.69) is 27.0 Å². The van der Waals surface area contributed by atoms with Gasteiger partial charge in [-0.05, 0) is 31.9 Å². The molecule has 0 unspecified atom stereocenters. The molecule has 0 amide bonds. The van der Waals surface area contributed by atoms with Crippen molar-refractivity contribution in [1.82, 2.24) is 14.9 Å². The molecule has 0 spiro atoms. The van der Waals surface area contributed by atoms with Gasteiger partial charge in [-0.1, -0.05) is 0 Å². The third-order valence-corrected chi connectivity index (χ3v) is 5.75. The number of nitrogens with zero attached hydrogens (tertiary/aromatic N) is 4. The van der Waals surface area contributed by atoms with E-state index in [9.17, 15) is 0 Å². The summed E-state index contributed by atoms with van der Waals surface area (Å²) in [4.78, 5) is 14.4. The van der Waals surface area contributed by atoms with Crippen LogP contribution in [0.2, 0.25) is 0 Å². The number of aromatic nitrogens is 2. The largest absolute Gasteiger partial charge is 0.465 e. The average molecular weight is 340 g/mol. The Bertz CT molecular complexity index is 769. The first-order valence-electron chi connectivity index (χ1n) is 9.27. The molecule has 6 nitrogen and oxygen atoms in total. The maximum absolute atomic E-state index is 5.81. The van der Waals surface area contributed by atoms with Gasteiger partial charge in [0.25, 0.3) is 0 Å². The van der Waals surface area contributed by atoms with Crippen LogP contribution in [0.3, 0.4) is 0 Å². The second kappa shape index (κ2) is 6.11. The van der Waals surface area contributed by atoms with E-state index in [0.717, 1.165) is 56.7 Å². The normalized spacial score (nSPS) is 26.0. The Kier molecular flexibility index (Phi) is 3.75. The van der Waals surface area contributed by atoms with Crippen molar-refractivity contribution in [2.75, 3.05) is 31.2 Å². The van der Waals surface area contributed by atoms with Crippen LogP contribution in [0.5, 0.6) is 0 Å². The Balaban J connectivity index is 1.40. The molecule has 3 aliphatic heterocycles. The highest BCUT2D eigenvalue weighted by Crippen LogP contribution is 2.44. The molecule has 0 aliphatic carbocycles. The molecule has 6 heteroatoms. The van der Waals surface area contributed by atoms with Crippen LogP contribution in [0.1, 0.15) is 41.7 Å². The molecule has 0 N–H and O–H groups in total. The maximum atomic E-state index is 5.81. The molecule has 2 atom stereocenters. The van der Waals surface area contributed by atoms with Gasteiger partial charge >= 0.3 is 0 Å². The zero-order chi connectivity index (χ0) is 16.8. The standard InChI is InChI=1S/C19H24N4O2/c1-13-2-4-15(25-13)12-23-14-3-5-18(23)16-11-20-19(21-17(16)10-14)22-6-8-24-9-7-22/h2,4,11,14,18H,3,5-10,12H2,1H3/t14-,18+/m0/s1. The van der Waals surface area contributed by atoms with Crippen molar-refractivity contribution in [3.8, 4) is 0 Å². The van der Waals surface area contributed by atoms with Crippen LogP contribution in [0.15, 0.2) is 22.7 Å². The number of hydrogen-bond acceptors (Lipinski definition) is 6. The van der Waals surface area contributed by atoms with Gasteiger partial charge in [0, 0.05) is 43.4 Å². The molecule has 5 rings (SSSR count). The molecule has 2 fully saturated rings. The van der Waals surface area contributed by atoms with Gasteiger partial charge in [0.1, 0.15) is 11.5 Å². The fourth-order valence-electron chi connectivity index (χ4n) is 4.48. The molecule has 2 aromatic rings. The highest BCUT2D eigenvalue weighted by molar-refractivity contribution is 5.37. The smallest absolute Gasteiger partial charge is 0.225 e. The highest BCUT2D eigenvalue weighted by Gasteiger charge is 2.41. The third kappa shape index (κ3) is 2.73. The number of furan rings is 1. The van der Waals surface area contributed by atoms with Gasteiger partial charge in [-0.25, -0.2) is 9.97 Å². The van der Waals surface area contributed by atoms with Gasteiger partial charge in [0.2, 0.25) is 5.95 Å². The predicted molar refractivity (Wildman–Crippen MR) is 93.5 cm³/mol. The summed E-state index contributed by atoms with van der Waals surface area (Å²) in [6.45, 7) is 6.19. The fourth-order valence-corrected chi connectivity index (χ4v) is 4.48. The predicted octanol–water partition coefficient (Wildman–Crippen LogP) is 2.48. The van der Waals surface area contributed by atoms with Gasteiger partial charge in [-0.2, -0.15) is 0 Å². The summed E-state index contributed by atoms with van der Waals surface area (Å²) in [7, 11) is 0. The second-order valence-electron chi connectivity index (χ2n) is 7.31.